The van der Waals surface area contributed by atoms with Crippen LogP contribution in [0.4, 0.5) is 0 Å². The molecular weight excluding hydrogens is 238 g/mol. The van der Waals surface area contributed by atoms with Gasteiger partial charge in [-0.25, -0.2) is 0 Å². The lowest BCUT2D eigenvalue weighted by atomic mass is 10.0. The van der Waals surface area contributed by atoms with Gasteiger partial charge in [0.25, 0.3) is 0 Å². The summed E-state index contributed by atoms with van der Waals surface area (Å²) in [6, 6.07) is 0.450. The van der Waals surface area contributed by atoms with Gasteiger partial charge in [-0.1, -0.05) is 20.8 Å². The Kier molecular flexibility index (Phi) is 10.6. The topological polar surface area (TPSA) is 45.7 Å². The van der Waals surface area contributed by atoms with E-state index in [0.29, 0.717) is 18.1 Å². The summed E-state index contributed by atoms with van der Waals surface area (Å²) in [6.45, 7) is 15.3. The quantitative estimate of drug-likeness (QED) is 0.501. The minimum atomic E-state index is 0.306. The maximum Gasteiger partial charge on any atom is 0.191 e. The van der Waals surface area contributed by atoms with Crippen molar-refractivity contribution in [1.82, 2.24) is 10.6 Å². The summed E-state index contributed by atoms with van der Waals surface area (Å²) in [5.41, 5.74) is 0. The van der Waals surface area contributed by atoms with Gasteiger partial charge in [0.05, 0.1) is 6.10 Å². The van der Waals surface area contributed by atoms with Crippen molar-refractivity contribution < 1.29 is 4.74 Å². The second-order valence-corrected chi connectivity index (χ2v) is 5.24. The van der Waals surface area contributed by atoms with Gasteiger partial charge in [0.1, 0.15) is 0 Å². The fourth-order valence-electron chi connectivity index (χ4n) is 1.78. The standard InChI is InChI=1S/C15H33N3O/c1-7-13(6)18-15(16-8-2)17-11-10-14(12(4)5)19-9-3/h12-14H,7-11H2,1-6H3,(H2,16,17,18). The molecule has 0 aromatic rings. The van der Waals surface area contributed by atoms with Gasteiger partial charge in [-0.05, 0) is 39.5 Å². The van der Waals surface area contributed by atoms with E-state index in [1.807, 2.05) is 6.92 Å². The molecule has 0 aliphatic carbocycles. The Labute approximate surface area is 119 Å². The third kappa shape index (κ3) is 8.87. The molecule has 0 fully saturated rings. The third-order valence-electron chi connectivity index (χ3n) is 3.15. The molecule has 0 aromatic heterocycles. The first-order valence-corrected chi connectivity index (χ1v) is 7.71. The minimum Gasteiger partial charge on any atom is -0.378 e. The maximum atomic E-state index is 5.74. The molecule has 0 saturated heterocycles. The highest BCUT2D eigenvalue weighted by atomic mass is 16.5. The van der Waals surface area contributed by atoms with Crippen molar-refractivity contribution >= 4 is 5.96 Å². The van der Waals surface area contributed by atoms with Crippen LogP contribution in [0.5, 0.6) is 0 Å². The lowest BCUT2D eigenvalue weighted by molar-refractivity contribution is 0.0266. The Morgan fingerprint density at radius 3 is 2.32 bits per heavy atom. The van der Waals surface area contributed by atoms with E-state index >= 15 is 0 Å². The first-order chi connectivity index (χ1) is 9.04. The molecule has 0 saturated carbocycles. The van der Waals surface area contributed by atoms with E-state index in [2.05, 4.69) is 50.2 Å². The summed E-state index contributed by atoms with van der Waals surface area (Å²) in [6.07, 6.45) is 2.38. The number of guanidine groups is 1. The molecule has 4 heteroatoms. The fraction of sp³-hybridized carbons (Fsp3) is 0.933. The largest absolute Gasteiger partial charge is 0.378 e. The van der Waals surface area contributed by atoms with E-state index in [1.165, 1.54) is 0 Å². The monoisotopic (exact) mass is 271 g/mol. The highest BCUT2D eigenvalue weighted by Crippen LogP contribution is 2.10. The van der Waals surface area contributed by atoms with Crippen molar-refractivity contribution in [3.63, 3.8) is 0 Å². The molecule has 0 heterocycles. The predicted molar refractivity (Wildman–Crippen MR) is 83.7 cm³/mol. The Balaban J connectivity index is 4.27. The molecule has 4 nitrogen and oxygen atoms in total. The number of rotatable bonds is 9. The number of nitrogens with one attached hydrogen (secondary N) is 2. The normalized spacial score (nSPS) is 15.4. The first kappa shape index (κ1) is 18.2. The second-order valence-electron chi connectivity index (χ2n) is 5.24. The molecule has 2 unspecified atom stereocenters. The average molecular weight is 271 g/mol. The summed E-state index contributed by atoms with van der Waals surface area (Å²) in [7, 11) is 0. The van der Waals surface area contributed by atoms with Crippen LogP contribution in [-0.2, 0) is 4.74 Å². The molecule has 0 aromatic carbocycles. The van der Waals surface area contributed by atoms with Crippen molar-refractivity contribution in [3.05, 3.63) is 0 Å². The van der Waals surface area contributed by atoms with Crippen molar-refractivity contribution in [1.29, 1.82) is 0 Å². The fourth-order valence-corrected chi connectivity index (χ4v) is 1.78. The van der Waals surface area contributed by atoms with Crippen LogP contribution >= 0.6 is 0 Å². The minimum absolute atomic E-state index is 0.306. The van der Waals surface area contributed by atoms with E-state index in [0.717, 1.165) is 38.5 Å². The van der Waals surface area contributed by atoms with Crippen LogP contribution in [0.1, 0.15) is 54.4 Å². The van der Waals surface area contributed by atoms with Gasteiger partial charge in [0.15, 0.2) is 5.96 Å². The molecule has 0 radical (unpaired) electrons. The summed E-state index contributed by atoms with van der Waals surface area (Å²) >= 11 is 0. The maximum absolute atomic E-state index is 5.74. The van der Waals surface area contributed by atoms with Crippen molar-refractivity contribution in [3.8, 4) is 0 Å². The van der Waals surface area contributed by atoms with Gasteiger partial charge < -0.3 is 15.4 Å². The third-order valence-corrected chi connectivity index (χ3v) is 3.15. The highest BCUT2D eigenvalue weighted by molar-refractivity contribution is 5.79. The number of nitrogens with zero attached hydrogens (tertiary/aromatic N) is 1. The van der Waals surface area contributed by atoms with Crippen LogP contribution in [0.2, 0.25) is 0 Å². The Morgan fingerprint density at radius 1 is 1.16 bits per heavy atom. The molecule has 0 bridgehead atoms. The molecule has 0 amide bonds. The number of hydrogen-bond acceptors (Lipinski definition) is 2. The van der Waals surface area contributed by atoms with Gasteiger partial charge in [0, 0.05) is 25.7 Å². The summed E-state index contributed by atoms with van der Waals surface area (Å²) in [5, 5.41) is 6.68. The lowest BCUT2D eigenvalue weighted by Crippen LogP contribution is -2.42. The summed E-state index contributed by atoms with van der Waals surface area (Å²) < 4.78 is 5.74. The van der Waals surface area contributed by atoms with Crippen molar-refractivity contribution in [2.24, 2.45) is 10.9 Å². The molecule has 0 aliphatic rings. The van der Waals surface area contributed by atoms with Crippen LogP contribution in [0.3, 0.4) is 0 Å². The molecule has 2 atom stereocenters. The van der Waals surface area contributed by atoms with Gasteiger partial charge in [-0.15, -0.1) is 0 Å². The van der Waals surface area contributed by atoms with Crippen LogP contribution in [-0.4, -0.2) is 37.8 Å². The zero-order valence-corrected chi connectivity index (χ0v) is 13.6. The Morgan fingerprint density at radius 2 is 1.84 bits per heavy atom. The first-order valence-electron chi connectivity index (χ1n) is 7.71. The van der Waals surface area contributed by atoms with E-state index in [4.69, 9.17) is 4.74 Å². The highest BCUT2D eigenvalue weighted by Gasteiger charge is 2.12. The van der Waals surface area contributed by atoms with Crippen molar-refractivity contribution in [2.45, 2.75) is 66.5 Å². The summed E-state index contributed by atoms with van der Waals surface area (Å²) in [4.78, 5) is 4.62. The SMILES string of the molecule is CCNC(=NCCC(OCC)C(C)C)NC(C)CC. The van der Waals surface area contributed by atoms with E-state index < -0.39 is 0 Å². The summed E-state index contributed by atoms with van der Waals surface area (Å²) in [5.74, 6) is 1.45. The molecule has 0 spiro atoms. The van der Waals surface area contributed by atoms with Crippen LogP contribution in [0.15, 0.2) is 4.99 Å². The van der Waals surface area contributed by atoms with Crippen LogP contribution in [0.25, 0.3) is 0 Å². The second kappa shape index (κ2) is 11.1. The zero-order valence-electron chi connectivity index (χ0n) is 13.6. The zero-order chi connectivity index (χ0) is 14.7. The number of hydrogen-bond donors (Lipinski definition) is 2. The predicted octanol–water partition coefficient (Wildman–Crippen LogP) is 2.79. The molecule has 0 aliphatic heterocycles. The lowest BCUT2D eigenvalue weighted by Gasteiger charge is -2.20. The molecule has 0 rings (SSSR count). The van der Waals surface area contributed by atoms with E-state index in [9.17, 15) is 0 Å². The Hall–Kier alpha value is -0.770. The molecule has 2 N–H and O–H groups in total. The van der Waals surface area contributed by atoms with Crippen LogP contribution < -0.4 is 10.6 Å². The number of aliphatic imine (C=N–C) groups is 1. The Bertz CT molecular complexity index is 242. The van der Waals surface area contributed by atoms with Gasteiger partial charge in [0.2, 0.25) is 0 Å². The van der Waals surface area contributed by atoms with Gasteiger partial charge >= 0.3 is 0 Å². The molecule has 19 heavy (non-hydrogen) atoms. The van der Waals surface area contributed by atoms with Gasteiger partial charge in [-0.2, -0.15) is 0 Å². The smallest absolute Gasteiger partial charge is 0.191 e. The van der Waals surface area contributed by atoms with E-state index in [1.54, 1.807) is 0 Å². The van der Waals surface area contributed by atoms with E-state index in [-0.39, 0.29) is 0 Å². The average Bonchev–Trinajstić information content (AvgIpc) is 2.37. The van der Waals surface area contributed by atoms with Crippen LogP contribution in [0, 0.1) is 5.92 Å². The molecular formula is C15H33N3O. The number of ether oxygens (including phenoxy) is 1. The van der Waals surface area contributed by atoms with Crippen molar-refractivity contribution in [2.75, 3.05) is 19.7 Å². The molecule has 114 valence electrons. The van der Waals surface area contributed by atoms with Gasteiger partial charge in [-0.3, -0.25) is 4.99 Å².